The first-order chi connectivity index (χ1) is 20.0. The second kappa shape index (κ2) is 10.7. The third-order valence-electron chi connectivity index (χ3n) is 7.55. The molecule has 1 aliphatic carbocycles. The number of halogens is 2. The monoisotopic (exact) mass is 622 g/mol. The molecule has 1 aromatic heterocycles. The van der Waals surface area contributed by atoms with E-state index in [4.69, 9.17) is 9.73 Å². The number of ether oxygens (including phenoxy) is 1. The lowest BCUT2D eigenvalue weighted by Crippen LogP contribution is -2.38. The summed E-state index contributed by atoms with van der Waals surface area (Å²) in [5, 5.41) is 0. The van der Waals surface area contributed by atoms with Gasteiger partial charge >= 0.3 is 0 Å². The van der Waals surface area contributed by atoms with Gasteiger partial charge in [-0.3, -0.25) is 9.36 Å². The van der Waals surface area contributed by atoms with Crippen molar-refractivity contribution in [3.8, 4) is 5.75 Å². The fourth-order valence-corrected chi connectivity index (χ4v) is 7.09. The Kier molecular flexibility index (Phi) is 6.77. The molecule has 1 atom stereocenters. The Bertz CT molecular complexity index is 2000. The minimum absolute atomic E-state index is 0.103. The fraction of sp³-hybridized carbons (Fsp3) is 0.118. The fourth-order valence-electron chi connectivity index (χ4n) is 5.58. The van der Waals surface area contributed by atoms with Crippen molar-refractivity contribution in [3.05, 3.63) is 160 Å². The largest absolute Gasteiger partial charge is 0.488 e. The Balaban J connectivity index is 1.31. The Hall–Kier alpha value is -4.07. The lowest BCUT2D eigenvalue weighted by atomic mass is 9.83. The predicted molar refractivity (Wildman–Crippen MR) is 164 cm³/mol. The molecule has 0 spiro atoms. The van der Waals surface area contributed by atoms with Crippen molar-refractivity contribution in [2.24, 2.45) is 4.99 Å². The van der Waals surface area contributed by atoms with Crippen molar-refractivity contribution >= 4 is 39.0 Å². The van der Waals surface area contributed by atoms with E-state index in [0.29, 0.717) is 15.9 Å². The predicted octanol–water partition coefficient (Wildman–Crippen LogP) is 6.80. The summed E-state index contributed by atoms with van der Waals surface area (Å²) < 4.78 is 23.1. The highest BCUT2D eigenvalue weighted by molar-refractivity contribution is 9.10. The highest BCUT2D eigenvalue weighted by Gasteiger charge is 2.32. The maximum atomic E-state index is 13.9. The van der Waals surface area contributed by atoms with Crippen LogP contribution in [0.25, 0.3) is 11.8 Å². The van der Waals surface area contributed by atoms with Crippen LogP contribution in [0.1, 0.15) is 40.3 Å². The van der Waals surface area contributed by atoms with Crippen LogP contribution in [0.15, 0.2) is 117 Å². The van der Waals surface area contributed by atoms with Crippen molar-refractivity contribution < 1.29 is 9.13 Å². The van der Waals surface area contributed by atoms with Gasteiger partial charge in [-0.25, -0.2) is 9.38 Å². The Morgan fingerprint density at radius 3 is 2.56 bits per heavy atom. The molecule has 7 rings (SSSR count). The number of thiazole rings is 1. The molecular formula is C34H24BrFN2O2S. The second-order valence-electron chi connectivity index (χ2n) is 10.1. The molecule has 4 nitrogen and oxygen atoms in total. The van der Waals surface area contributed by atoms with Gasteiger partial charge in [0.2, 0.25) is 0 Å². The average molecular weight is 624 g/mol. The molecule has 41 heavy (non-hydrogen) atoms. The molecule has 5 aromatic rings. The zero-order chi connectivity index (χ0) is 27.9. The highest BCUT2D eigenvalue weighted by Crippen LogP contribution is 2.41. The normalized spacial score (nSPS) is 16.0. The van der Waals surface area contributed by atoms with Crippen molar-refractivity contribution in [3.63, 3.8) is 0 Å². The molecule has 0 radical (unpaired) electrons. The first kappa shape index (κ1) is 25.9. The van der Waals surface area contributed by atoms with Gasteiger partial charge in [0, 0.05) is 5.56 Å². The minimum Gasteiger partial charge on any atom is -0.488 e. The Labute approximate surface area is 248 Å². The number of benzene rings is 4. The van der Waals surface area contributed by atoms with E-state index in [2.05, 4.69) is 34.1 Å². The number of rotatable bonds is 5. The van der Waals surface area contributed by atoms with Gasteiger partial charge in [0.25, 0.3) is 5.56 Å². The molecule has 2 aliphatic rings. The zero-order valence-corrected chi connectivity index (χ0v) is 24.3. The van der Waals surface area contributed by atoms with Gasteiger partial charge in [-0.2, -0.15) is 0 Å². The third kappa shape index (κ3) is 4.89. The van der Waals surface area contributed by atoms with Crippen LogP contribution in [-0.4, -0.2) is 4.57 Å². The van der Waals surface area contributed by atoms with E-state index in [1.807, 2.05) is 60.7 Å². The van der Waals surface area contributed by atoms with Gasteiger partial charge in [-0.1, -0.05) is 84.1 Å². The van der Waals surface area contributed by atoms with E-state index in [-0.39, 0.29) is 17.4 Å². The molecule has 0 unspecified atom stereocenters. The summed E-state index contributed by atoms with van der Waals surface area (Å²) >= 11 is 5.01. The van der Waals surface area contributed by atoms with Gasteiger partial charge in [0.05, 0.1) is 20.7 Å². The van der Waals surface area contributed by atoms with Crippen molar-refractivity contribution in [2.45, 2.75) is 25.5 Å². The van der Waals surface area contributed by atoms with Gasteiger partial charge in [0.1, 0.15) is 18.2 Å². The molecule has 202 valence electrons. The topological polar surface area (TPSA) is 43.6 Å². The third-order valence-corrected chi connectivity index (χ3v) is 9.15. The number of aromatic nitrogens is 1. The lowest BCUT2D eigenvalue weighted by molar-refractivity contribution is 0.304. The lowest BCUT2D eigenvalue weighted by Gasteiger charge is -2.30. The molecule has 0 N–H and O–H groups in total. The van der Waals surface area contributed by atoms with E-state index in [0.717, 1.165) is 56.6 Å². The van der Waals surface area contributed by atoms with Gasteiger partial charge in [0.15, 0.2) is 4.80 Å². The Morgan fingerprint density at radius 2 is 1.76 bits per heavy atom. The van der Waals surface area contributed by atoms with Crippen LogP contribution in [0.3, 0.4) is 0 Å². The molecular weight excluding hydrogens is 599 g/mol. The molecule has 0 bridgehead atoms. The summed E-state index contributed by atoms with van der Waals surface area (Å²) in [5.74, 6) is 0.432. The van der Waals surface area contributed by atoms with Gasteiger partial charge in [-0.15, -0.1) is 0 Å². The first-order valence-corrected chi connectivity index (χ1v) is 15.0. The SMILES string of the molecule is O=c1/c(=C\c2ccc(OCc3ccccc3)c(Br)c2)sc2n1[C@@H](c1ccc(F)cc1)C1=C(N=2)c2ccccc2CC1. The van der Waals surface area contributed by atoms with Crippen LogP contribution in [-0.2, 0) is 13.0 Å². The number of allylic oxidation sites excluding steroid dienone is 1. The summed E-state index contributed by atoms with van der Waals surface area (Å²) in [5.41, 5.74) is 7.12. The summed E-state index contributed by atoms with van der Waals surface area (Å²) in [6.07, 6.45) is 3.56. The summed E-state index contributed by atoms with van der Waals surface area (Å²) in [4.78, 5) is 19.6. The molecule has 0 saturated heterocycles. The molecule has 4 aromatic carbocycles. The van der Waals surface area contributed by atoms with Gasteiger partial charge < -0.3 is 4.74 Å². The summed E-state index contributed by atoms with van der Waals surface area (Å²) in [7, 11) is 0. The van der Waals surface area contributed by atoms with Crippen LogP contribution in [0.4, 0.5) is 4.39 Å². The number of hydrogen-bond acceptors (Lipinski definition) is 4. The molecule has 2 heterocycles. The zero-order valence-electron chi connectivity index (χ0n) is 21.9. The standard InChI is InChI=1S/C34H24BrFN2O2S/c35-28-18-22(10-17-29(28)40-20-21-6-2-1-3-7-21)19-30-33(39)38-32(24-11-14-25(36)15-12-24)27-16-13-23-8-4-5-9-26(23)31(27)37-34(38)41-30/h1-12,14-15,17-19,32H,13,16,20H2/b30-19+/t32-/m0/s1. The number of hydrogen-bond donors (Lipinski definition) is 0. The molecule has 7 heteroatoms. The maximum absolute atomic E-state index is 13.9. The number of aryl methyl sites for hydroxylation is 1. The molecule has 1 aliphatic heterocycles. The number of nitrogens with zero attached hydrogens (tertiary/aromatic N) is 2. The first-order valence-electron chi connectivity index (χ1n) is 13.4. The minimum atomic E-state index is -0.335. The van der Waals surface area contributed by atoms with Crippen LogP contribution < -0.4 is 19.6 Å². The van der Waals surface area contributed by atoms with Crippen molar-refractivity contribution in [1.29, 1.82) is 0 Å². The molecule has 0 saturated carbocycles. The second-order valence-corrected chi connectivity index (χ2v) is 12.0. The van der Waals surface area contributed by atoms with Crippen LogP contribution in [0.2, 0.25) is 0 Å². The van der Waals surface area contributed by atoms with E-state index in [9.17, 15) is 9.18 Å². The number of fused-ring (bicyclic) bond motifs is 3. The summed E-state index contributed by atoms with van der Waals surface area (Å²) in [6, 6.07) is 30.3. The molecule has 0 amide bonds. The van der Waals surface area contributed by atoms with E-state index >= 15 is 0 Å². The highest BCUT2D eigenvalue weighted by atomic mass is 79.9. The van der Waals surface area contributed by atoms with Crippen LogP contribution in [0, 0.1) is 5.82 Å². The van der Waals surface area contributed by atoms with Crippen molar-refractivity contribution in [1.82, 2.24) is 4.57 Å². The van der Waals surface area contributed by atoms with Crippen molar-refractivity contribution in [2.75, 3.05) is 0 Å². The van der Waals surface area contributed by atoms with Crippen LogP contribution >= 0.6 is 27.3 Å². The quantitative estimate of drug-likeness (QED) is 0.216. The Morgan fingerprint density at radius 1 is 0.976 bits per heavy atom. The van der Waals surface area contributed by atoms with Gasteiger partial charge in [-0.05, 0) is 86.9 Å². The maximum Gasteiger partial charge on any atom is 0.271 e. The van der Waals surface area contributed by atoms with Crippen LogP contribution in [0.5, 0.6) is 5.75 Å². The van der Waals surface area contributed by atoms with E-state index in [1.165, 1.54) is 29.0 Å². The average Bonchev–Trinajstić information content (AvgIpc) is 3.30. The molecule has 0 fully saturated rings. The summed E-state index contributed by atoms with van der Waals surface area (Å²) in [6.45, 7) is 0.467. The van der Waals surface area contributed by atoms with E-state index in [1.54, 1.807) is 16.7 Å². The smallest absolute Gasteiger partial charge is 0.271 e. The van der Waals surface area contributed by atoms with E-state index < -0.39 is 0 Å².